The second-order valence-electron chi connectivity index (χ2n) is 7.20. The minimum Gasteiger partial charge on any atom is -0.466 e. The zero-order valence-electron chi connectivity index (χ0n) is 17.3. The Kier molecular flexibility index (Phi) is 6.74. The van der Waals surface area contributed by atoms with E-state index in [4.69, 9.17) is 5.11 Å². The molecule has 0 aromatic heterocycles. The van der Waals surface area contributed by atoms with E-state index in [2.05, 4.69) is 10.1 Å². The van der Waals surface area contributed by atoms with Crippen LogP contribution in [0.4, 0.5) is 20.2 Å². The first-order valence-corrected chi connectivity index (χ1v) is 9.75. The number of rotatable bonds is 6. The van der Waals surface area contributed by atoms with Gasteiger partial charge in [0.05, 0.1) is 25.8 Å². The quantitative estimate of drug-likeness (QED) is 0.617. The standard InChI is InChI=1S/C20H24F2N4O5/c1-12(28)24-3-5-25(6-4-24)18-15(21)9-13(10-16(18)22)23-17-14(20(30)31-2)11-26(7-8-27)19(17)29/h9-10,23,27H,3-8,11H2,1-2H3. The van der Waals surface area contributed by atoms with Gasteiger partial charge in [-0.05, 0) is 12.1 Å². The van der Waals surface area contributed by atoms with Crippen LogP contribution in [0.3, 0.4) is 0 Å². The van der Waals surface area contributed by atoms with Gasteiger partial charge in [-0.1, -0.05) is 0 Å². The van der Waals surface area contributed by atoms with Crippen LogP contribution in [0.5, 0.6) is 0 Å². The average molecular weight is 438 g/mol. The van der Waals surface area contributed by atoms with E-state index in [9.17, 15) is 23.2 Å². The molecular formula is C20H24F2N4O5. The third kappa shape index (κ3) is 4.61. The molecule has 0 atom stereocenters. The van der Waals surface area contributed by atoms with Crippen LogP contribution in [0.1, 0.15) is 6.92 Å². The summed E-state index contributed by atoms with van der Waals surface area (Å²) >= 11 is 0. The van der Waals surface area contributed by atoms with Crippen molar-refractivity contribution in [3.8, 4) is 0 Å². The van der Waals surface area contributed by atoms with Crippen molar-refractivity contribution in [3.05, 3.63) is 35.0 Å². The average Bonchev–Trinajstić information content (AvgIpc) is 3.03. The molecular weight excluding hydrogens is 414 g/mol. The predicted octanol–water partition coefficient (Wildman–Crippen LogP) is 0.307. The number of piperazine rings is 1. The van der Waals surface area contributed by atoms with Gasteiger partial charge in [-0.15, -0.1) is 0 Å². The van der Waals surface area contributed by atoms with Crippen molar-refractivity contribution in [2.24, 2.45) is 0 Å². The molecule has 1 aromatic rings. The van der Waals surface area contributed by atoms with E-state index < -0.39 is 23.5 Å². The van der Waals surface area contributed by atoms with E-state index in [1.165, 1.54) is 16.7 Å². The lowest BCUT2D eigenvalue weighted by Crippen LogP contribution is -2.48. The van der Waals surface area contributed by atoms with Crippen LogP contribution < -0.4 is 10.2 Å². The molecule has 11 heteroatoms. The van der Waals surface area contributed by atoms with Crippen LogP contribution in [0, 0.1) is 11.6 Å². The second-order valence-corrected chi connectivity index (χ2v) is 7.20. The number of esters is 1. The Bertz CT molecular complexity index is 905. The van der Waals surface area contributed by atoms with Crippen LogP contribution in [0.15, 0.2) is 23.4 Å². The minimum atomic E-state index is -0.836. The fourth-order valence-corrected chi connectivity index (χ4v) is 3.68. The normalized spacial score (nSPS) is 16.8. The maximum atomic E-state index is 14.8. The van der Waals surface area contributed by atoms with Crippen molar-refractivity contribution in [2.75, 3.05) is 63.2 Å². The van der Waals surface area contributed by atoms with Crippen LogP contribution in [0.25, 0.3) is 0 Å². The van der Waals surface area contributed by atoms with Crippen LogP contribution in [0.2, 0.25) is 0 Å². The van der Waals surface area contributed by atoms with Crippen molar-refractivity contribution >= 4 is 29.2 Å². The van der Waals surface area contributed by atoms with Gasteiger partial charge in [-0.2, -0.15) is 0 Å². The maximum absolute atomic E-state index is 14.8. The van der Waals surface area contributed by atoms with Gasteiger partial charge in [0.15, 0.2) is 11.6 Å². The van der Waals surface area contributed by atoms with E-state index in [1.807, 2.05) is 0 Å². The molecule has 1 saturated heterocycles. The Morgan fingerprint density at radius 1 is 1.16 bits per heavy atom. The van der Waals surface area contributed by atoms with Crippen LogP contribution in [-0.4, -0.2) is 85.7 Å². The molecule has 2 aliphatic rings. The Morgan fingerprint density at radius 3 is 2.29 bits per heavy atom. The topological polar surface area (TPSA) is 102 Å². The van der Waals surface area contributed by atoms with Crippen molar-refractivity contribution in [3.63, 3.8) is 0 Å². The zero-order valence-corrected chi connectivity index (χ0v) is 17.3. The van der Waals surface area contributed by atoms with Gasteiger partial charge in [0.25, 0.3) is 5.91 Å². The fourth-order valence-electron chi connectivity index (χ4n) is 3.68. The van der Waals surface area contributed by atoms with E-state index in [1.54, 1.807) is 4.90 Å². The molecule has 1 aromatic carbocycles. The van der Waals surface area contributed by atoms with E-state index in [0.29, 0.717) is 13.1 Å². The SMILES string of the molecule is COC(=O)C1=C(Nc2cc(F)c(N3CCN(C(C)=O)CC3)c(F)c2)C(=O)N(CCO)C1. The number of hydrogen-bond acceptors (Lipinski definition) is 7. The third-order valence-corrected chi connectivity index (χ3v) is 5.28. The number of β-amino-alcohol motifs (C(OH)–C–C–N with tert-alkyl or cyclic N) is 1. The minimum absolute atomic E-state index is 0.00158. The molecule has 31 heavy (non-hydrogen) atoms. The molecule has 0 bridgehead atoms. The summed E-state index contributed by atoms with van der Waals surface area (Å²) < 4.78 is 34.3. The van der Waals surface area contributed by atoms with Gasteiger partial charge in [0, 0.05) is 45.3 Å². The Morgan fingerprint density at radius 2 is 1.77 bits per heavy atom. The number of aliphatic hydroxyl groups is 1. The number of halogens is 2. The summed E-state index contributed by atoms with van der Waals surface area (Å²) in [5.74, 6) is -3.10. The number of hydrogen-bond donors (Lipinski definition) is 2. The molecule has 2 aliphatic heterocycles. The molecule has 3 rings (SSSR count). The molecule has 0 unspecified atom stereocenters. The smallest absolute Gasteiger partial charge is 0.337 e. The summed E-state index contributed by atoms with van der Waals surface area (Å²) in [7, 11) is 1.16. The molecule has 0 saturated carbocycles. The predicted molar refractivity (Wildman–Crippen MR) is 107 cm³/mol. The first-order valence-electron chi connectivity index (χ1n) is 9.75. The van der Waals surface area contributed by atoms with E-state index >= 15 is 0 Å². The van der Waals surface area contributed by atoms with E-state index in [0.717, 1.165) is 19.2 Å². The van der Waals surface area contributed by atoms with Crippen molar-refractivity contribution < 1.29 is 33.0 Å². The second kappa shape index (κ2) is 9.29. The van der Waals surface area contributed by atoms with Crippen molar-refractivity contribution in [1.82, 2.24) is 9.80 Å². The first-order chi connectivity index (χ1) is 14.8. The summed E-state index contributed by atoms with van der Waals surface area (Å²) in [6.45, 7) is 2.34. The number of nitrogens with zero attached hydrogens (tertiary/aromatic N) is 3. The highest BCUT2D eigenvalue weighted by Gasteiger charge is 2.35. The van der Waals surface area contributed by atoms with Crippen LogP contribution >= 0.6 is 0 Å². The van der Waals surface area contributed by atoms with Crippen LogP contribution in [-0.2, 0) is 19.1 Å². The highest BCUT2D eigenvalue weighted by Crippen LogP contribution is 2.30. The number of methoxy groups -OCH3 is 1. The highest BCUT2D eigenvalue weighted by molar-refractivity contribution is 6.08. The van der Waals surface area contributed by atoms with Gasteiger partial charge in [-0.3, -0.25) is 9.59 Å². The molecule has 2 heterocycles. The van der Waals surface area contributed by atoms with Crippen molar-refractivity contribution in [1.29, 1.82) is 0 Å². The molecule has 2 amide bonds. The Hall–Kier alpha value is -3.21. The van der Waals surface area contributed by atoms with Gasteiger partial charge in [-0.25, -0.2) is 13.6 Å². The number of aliphatic hydroxyl groups excluding tert-OH is 1. The van der Waals surface area contributed by atoms with E-state index in [-0.39, 0.29) is 61.3 Å². The lowest BCUT2D eigenvalue weighted by molar-refractivity contribution is -0.136. The maximum Gasteiger partial charge on any atom is 0.337 e. The molecule has 9 nitrogen and oxygen atoms in total. The van der Waals surface area contributed by atoms with Gasteiger partial charge >= 0.3 is 5.97 Å². The fraction of sp³-hybridized carbons (Fsp3) is 0.450. The summed E-state index contributed by atoms with van der Waals surface area (Å²) in [5.41, 5.74) is -0.402. The van der Waals surface area contributed by atoms with Gasteiger partial charge in [0.1, 0.15) is 11.4 Å². The van der Waals surface area contributed by atoms with Gasteiger partial charge < -0.3 is 29.9 Å². The lowest BCUT2D eigenvalue weighted by Gasteiger charge is -2.36. The summed E-state index contributed by atoms with van der Waals surface area (Å²) in [4.78, 5) is 40.4. The summed E-state index contributed by atoms with van der Waals surface area (Å²) in [5, 5.41) is 11.7. The first kappa shape index (κ1) is 22.5. The highest BCUT2D eigenvalue weighted by atomic mass is 19.1. The number of carbonyl (C=O) groups excluding carboxylic acids is 3. The zero-order chi connectivity index (χ0) is 22.7. The summed E-state index contributed by atoms with van der Waals surface area (Å²) in [6.07, 6.45) is 0. The molecule has 2 N–H and O–H groups in total. The van der Waals surface area contributed by atoms with Gasteiger partial charge in [0.2, 0.25) is 5.91 Å². The number of nitrogens with one attached hydrogen (secondary N) is 1. The largest absolute Gasteiger partial charge is 0.466 e. The number of ether oxygens (including phenoxy) is 1. The Balaban J connectivity index is 1.83. The molecule has 0 aliphatic carbocycles. The molecule has 1 fully saturated rings. The number of anilines is 2. The van der Waals surface area contributed by atoms with Crippen molar-refractivity contribution in [2.45, 2.75) is 6.92 Å². The summed E-state index contributed by atoms with van der Waals surface area (Å²) in [6, 6.07) is 2.08. The lowest BCUT2D eigenvalue weighted by atomic mass is 10.2. The molecule has 0 spiro atoms. The number of benzene rings is 1. The third-order valence-electron chi connectivity index (χ3n) is 5.28. The molecule has 0 radical (unpaired) electrons. The Labute approximate surface area is 177 Å². The monoisotopic (exact) mass is 438 g/mol. The number of carbonyl (C=O) groups is 3. The number of amides is 2. The molecule has 168 valence electrons.